The van der Waals surface area contributed by atoms with E-state index in [0.717, 1.165) is 28.8 Å². The van der Waals surface area contributed by atoms with E-state index in [0.29, 0.717) is 0 Å². The van der Waals surface area contributed by atoms with Crippen LogP contribution < -0.4 is 5.73 Å². The molecular weight excluding hydrogens is 220 g/mol. The van der Waals surface area contributed by atoms with Crippen molar-refractivity contribution in [3.63, 3.8) is 0 Å². The van der Waals surface area contributed by atoms with E-state index in [1.54, 1.807) is 18.0 Å². The smallest absolute Gasteiger partial charge is 0.119 e. The van der Waals surface area contributed by atoms with Crippen LogP contribution in [-0.2, 0) is 12.3 Å². The van der Waals surface area contributed by atoms with Crippen LogP contribution in [0.5, 0.6) is 0 Å². The molecule has 0 bridgehead atoms. The molecule has 5 heteroatoms. The standard InChI is InChI=1S/C11H14N4S/c1-2-15-7-6-13-10(15)8-16-11-9(12)4-3-5-14-11/h3-7H,2,8,12H2,1H3. The van der Waals surface area contributed by atoms with Crippen LogP contribution in [0.25, 0.3) is 0 Å². The van der Waals surface area contributed by atoms with Crippen LogP contribution in [0.2, 0.25) is 0 Å². The molecule has 0 spiro atoms. The average Bonchev–Trinajstić information content (AvgIpc) is 2.75. The Morgan fingerprint density at radius 1 is 1.38 bits per heavy atom. The summed E-state index contributed by atoms with van der Waals surface area (Å²) >= 11 is 1.61. The Hall–Kier alpha value is -1.49. The second kappa shape index (κ2) is 5.03. The molecule has 0 aliphatic heterocycles. The van der Waals surface area contributed by atoms with Crippen molar-refractivity contribution in [1.29, 1.82) is 0 Å². The molecular formula is C11H14N4S. The van der Waals surface area contributed by atoms with Gasteiger partial charge >= 0.3 is 0 Å². The van der Waals surface area contributed by atoms with Crippen LogP contribution >= 0.6 is 11.8 Å². The molecule has 2 aromatic rings. The first kappa shape index (κ1) is 11.0. The number of pyridine rings is 1. The normalized spacial score (nSPS) is 10.6. The average molecular weight is 234 g/mol. The molecule has 0 atom stereocenters. The molecule has 84 valence electrons. The van der Waals surface area contributed by atoms with E-state index in [1.807, 2.05) is 24.5 Å². The van der Waals surface area contributed by atoms with Crippen LogP contribution in [-0.4, -0.2) is 14.5 Å². The molecule has 2 aromatic heterocycles. The number of aromatic nitrogens is 3. The highest BCUT2D eigenvalue weighted by Crippen LogP contribution is 2.24. The van der Waals surface area contributed by atoms with E-state index in [-0.39, 0.29) is 0 Å². The molecule has 0 saturated carbocycles. The summed E-state index contributed by atoms with van der Waals surface area (Å²) in [4.78, 5) is 8.54. The number of aryl methyl sites for hydroxylation is 1. The lowest BCUT2D eigenvalue weighted by Crippen LogP contribution is -1.99. The summed E-state index contributed by atoms with van der Waals surface area (Å²) < 4.78 is 2.12. The maximum atomic E-state index is 5.82. The van der Waals surface area contributed by atoms with Gasteiger partial charge in [0.05, 0.1) is 11.4 Å². The van der Waals surface area contributed by atoms with E-state index in [1.165, 1.54) is 0 Å². The number of anilines is 1. The first-order valence-corrected chi connectivity index (χ1v) is 6.13. The highest BCUT2D eigenvalue weighted by molar-refractivity contribution is 7.98. The van der Waals surface area contributed by atoms with Crippen molar-refractivity contribution >= 4 is 17.4 Å². The number of rotatable bonds is 4. The number of imidazole rings is 1. The van der Waals surface area contributed by atoms with Gasteiger partial charge in [0.25, 0.3) is 0 Å². The molecule has 0 unspecified atom stereocenters. The SMILES string of the molecule is CCn1ccnc1CSc1ncccc1N. The van der Waals surface area contributed by atoms with Gasteiger partial charge in [-0.1, -0.05) is 11.8 Å². The summed E-state index contributed by atoms with van der Waals surface area (Å²) in [6.07, 6.45) is 5.56. The number of nitrogens with zero attached hydrogens (tertiary/aromatic N) is 3. The van der Waals surface area contributed by atoms with Gasteiger partial charge in [0.1, 0.15) is 10.9 Å². The number of nitrogen functional groups attached to an aromatic ring is 1. The lowest BCUT2D eigenvalue weighted by Gasteiger charge is -2.05. The van der Waals surface area contributed by atoms with Gasteiger partial charge in [-0.05, 0) is 19.1 Å². The van der Waals surface area contributed by atoms with Crippen molar-refractivity contribution in [3.8, 4) is 0 Å². The zero-order valence-corrected chi connectivity index (χ0v) is 9.94. The Kier molecular flexibility index (Phi) is 3.46. The Labute approximate surface area is 98.9 Å². The molecule has 0 aromatic carbocycles. The molecule has 2 rings (SSSR count). The third-order valence-corrected chi connectivity index (χ3v) is 3.30. The van der Waals surface area contributed by atoms with Crippen molar-refractivity contribution in [1.82, 2.24) is 14.5 Å². The summed E-state index contributed by atoms with van der Waals surface area (Å²) in [6, 6.07) is 3.70. The second-order valence-corrected chi connectivity index (χ2v) is 4.28. The molecule has 0 saturated heterocycles. The largest absolute Gasteiger partial charge is 0.397 e. The molecule has 2 N–H and O–H groups in total. The monoisotopic (exact) mass is 234 g/mol. The van der Waals surface area contributed by atoms with Gasteiger partial charge in [-0.3, -0.25) is 0 Å². The van der Waals surface area contributed by atoms with Gasteiger partial charge in [-0.2, -0.15) is 0 Å². The predicted octanol–water partition coefficient (Wildman–Crippen LogP) is 2.17. The van der Waals surface area contributed by atoms with Crippen molar-refractivity contribution in [2.75, 3.05) is 5.73 Å². The lowest BCUT2D eigenvalue weighted by atomic mass is 10.4. The van der Waals surface area contributed by atoms with Crippen molar-refractivity contribution in [3.05, 3.63) is 36.5 Å². The van der Waals surface area contributed by atoms with Crippen LogP contribution in [0.1, 0.15) is 12.7 Å². The molecule has 0 aliphatic carbocycles. The number of hydrogen-bond acceptors (Lipinski definition) is 4. The minimum absolute atomic E-state index is 0.724. The summed E-state index contributed by atoms with van der Waals surface area (Å²) in [7, 11) is 0. The fourth-order valence-corrected chi connectivity index (χ4v) is 2.30. The van der Waals surface area contributed by atoms with Crippen molar-refractivity contribution in [2.45, 2.75) is 24.2 Å². The molecule has 16 heavy (non-hydrogen) atoms. The second-order valence-electron chi connectivity index (χ2n) is 3.32. The zero-order chi connectivity index (χ0) is 11.4. The first-order valence-electron chi connectivity index (χ1n) is 5.14. The highest BCUT2D eigenvalue weighted by atomic mass is 32.2. The van der Waals surface area contributed by atoms with Gasteiger partial charge in [-0.15, -0.1) is 0 Å². The number of nitrogens with two attached hydrogens (primary N) is 1. The van der Waals surface area contributed by atoms with Crippen molar-refractivity contribution < 1.29 is 0 Å². The minimum atomic E-state index is 0.724. The fraction of sp³-hybridized carbons (Fsp3) is 0.273. The Morgan fingerprint density at radius 2 is 2.25 bits per heavy atom. The topological polar surface area (TPSA) is 56.7 Å². The predicted molar refractivity (Wildman–Crippen MR) is 66.1 cm³/mol. The summed E-state index contributed by atoms with van der Waals surface area (Å²) in [6.45, 7) is 3.04. The molecule has 0 aliphatic rings. The fourth-order valence-electron chi connectivity index (χ4n) is 1.42. The van der Waals surface area contributed by atoms with Crippen LogP contribution in [0.4, 0.5) is 5.69 Å². The molecule has 2 heterocycles. The number of thioether (sulfide) groups is 1. The van der Waals surface area contributed by atoms with Crippen LogP contribution in [0, 0.1) is 0 Å². The summed E-state index contributed by atoms with van der Waals surface area (Å²) in [5.41, 5.74) is 6.54. The Morgan fingerprint density at radius 3 is 3.00 bits per heavy atom. The zero-order valence-electron chi connectivity index (χ0n) is 9.13. The van der Waals surface area contributed by atoms with Gasteiger partial charge in [-0.25, -0.2) is 9.97 Å². The molecule has 0 radical (unpaired) electrons. The summed E-state index contributed by atoms with van der Waals surface area (Å²) in [5, 5.41) is 0.869. The van der Waals surface area contributed by atoms with E-state index in [9.17, 15) is 0 Å². The van der Waals surface area contributed by atoms with Gasteiger partial charge < -0.3 is 10.3 Å². The van der Waals surface area contributed by atoms with Crippen LogP contribution in [0.3, 0.4) is 0 Å². The highest BCUT2D eigenvalue weighted by Gasteiger charge is 2.05. The van der Waals surface area contributed by atoms with E-state index in [2.05, 4.69) is 21.5 Å². The first-order chi connectivity index (χ1) is 7.81. The molecule has 0 fully saturated rings. The van der Waals surface area contributed by atoms with E-state index < -0.39 is 0 Å². The summed E-state index contributed by atoms with van der Waals surface area (Å²) in [5.74, 6) is 1.85. The van der Waals surface area contributed by atoms with Crippen molar-refractivity contribution in [2.24, 2.45) is 0 Å². The number of hydrogen-bond donors (Lipinski definition) is 1. The third-order valence-electron chi connectivity index (χ3n) is 2.28. The van der Waals surface area contributed by atoms with Crippen LogP contribution in [0.15, 0.2) is 35.7 Å². The maximum Gasteiger partial charge on any atom is 0.119 e. The van der Waals surface area contributed by atoms with E-state index >= 15 is 0 Å². The lowest BCUT2D eigenvalue weighted by molar-refractivity contribution is 0.725. The minimum Gasteiger partial charge on any atom is -0.397 e. The quantitative estimate of drug-likeness (QED) is 0.824. The maximum absolute atomic E-state index is 5.82. The molecule has 0 amide bonds. The molecule has 4 nitrogen and oxygen atoms in total. The van der Waals surface area contributed by atoms with Gasteiger partial charge in [0.2, 0.25) is 0 Å². The Bertz CT molecular complexity index is 467. The van der Waals surface area contributed by atoms with E-state index in [4.69, 9.17) is 5.73 Å². The van der Waals surface area contributed by atoms with Gasteiger partial charge in [0.15, 0.2) is 0 Å². The van der Waals surface area contributed by atoms with Gasteiger partial charge in [0, 0.05) is 25.1 Å². The third kappa shape index (κ3) is 2.36. The Balaban J connectivity index is 2.05.